The van der Waals surface area contributed by atoms with E-state index in [2.05, 4.69) is 17.6 Å². The summed E-state index contributed by atoms with van der Waals surface area (Å²) in [5, 5.41) is 7.70. The largest absolute Gasteiger partial charge is 0.379 e. The number of ether oxygens (including phenoxy) is 1. The summed E-state index contributed by atoms with van der Waals surface area (Å²) in [5.41, 5.74) is 0.0248. The van der Waals surface area contributed by atoms with E-state index in [0.717, 1.165) is 31.2 Å². The smallest absolute Gasteiger partial charge is 0.167 e. The molecule has 2 rings (SSSR count). The Balaban J connectivity index is 1.75. The van der Waals surface area contributed by atoms with Gasteiger partial charge in [-0.05, 0) is 44.8 Å². The Kier molecular flexibility index (Phi) is 4.62. The molecule has 2 fully saturated rings. The van der Waals surface area contributed by atoms with E-state index < -0.39 is 0 Å². The molecule has 0 radical (unpaired) electrons. The Morgan fingerprint density at radius 3 is 2.65 bits per heavy atom. The van der Waals surface area contributed by atoms with E-state index in [1.807, 2.05) is 0 Å². The Morgan fingerprint density at radius 2 is 2.00 bits per heavy atom. The SMILES string of the molecule is CC1(NC(=S)NC2CCCCC2)CCCOC1. The Hall–Kier alpha value is -0.350. The van der Waals surface area contributed by atoms with Crippen LogP contribution in [0.1, 0.15) is 51.9 Å². The highest BCUT2D eigenvalue weighted by molar-refractivity contribution is 7.80. The maximum atomic E-state index is 5.53. The molecule has 1 atom stereocenters. The average Bonchev–Trinajstić information content (AvgIpc) is 2.30. The molecule has 0 aromatic carbocycles. The summed E-state index contributed by atoms with van der Waals surface area (Å²) < 4.78 is 5.53. The highest BCUT2D eigenvalue weighted by Gasteiger charge is 2.28. The van der Waals surface area contributed by atoms with Gasteiger partial charge in [-0.1, -0.05) is 19.3 Å². The third kappa shape index (κ3) is 4.11. The molecule has 0 amide bonds. The van der Waals surface area contributed by atoms with E-state index in [0.29, 0.717) is 6.04 Å². The fourth-order valence-electron chi connectivity index (χ4n) is 2.78. The molecule has 0 bridgehead atoms. The quantitative estimate of drug-likeness (QED) is 0.743. The van der Waals surface area contributed by atoms with Gasteiger partial charge in [0.25, 0.3) is 0 Å². The molecule has 1 saturated carbocycles. The fraction of sp³-hybridized carbons (Fsp3) is 0.923. The van der Waals surface area contributed by atoms with Crippen molar-refractivity contribution in [3.8, 4) is 0 Å². The molecule has 0 aromatic rings. The van der Waals surface area contributed by atoms with Gasteiger partial charge in [-0.3, -0.25) is 0 Å². The lowest BCUT2D eigenvalue weighted by molar-refractivity contribution is 0.0369. The molecule has 1 unspecified atom stereocenters. The first-order valence-corrected chi connectivity index (χ1v) is 7.25. The van der Waals surface area contributed by atoms with Crippen LogP contribution >= 0.6 is 12.2 Å². The van der Waals surface area contributed by atoms with E-state index >= 15 is 0 Å². The molecule has 1 saturated heterocycles. The number of hydrogen-bond donors (Lipinski definition) is 2. The van der Waals surface area contributed by atoms with Gasteiger partial charge in [0, 0.05) is 12.6 Å². The molecule has 1 heterocycles. The topological polar surface area (TPSA) is 33.3 Å². The van der Waals surface area contributed by atoms with Gasteiger partial charge in [0.2, 0.25) is 0 Å². The minimum absolute atomic E-state index is 0.0248. The number of thiocarbonyl (C=S) groups is 1. The zero-order valence-electron chi connectivity index (χ0n) is 10.8. The number of nitrogens with one attached hydrogen (secondary N) is 2. The van der Waals surface area contributed by atoms with Crippen LogP contribution in [0.2, 0.25) is 0 Å². The third-order valence-electron chi connectivity index (χ3n) is 3.79. The van der Waals surface area contributed by atoms with Crippen molar-refractivity contribution in [1.82, 2.24) is 10.6 Å². The molecule has 1 aliphatic carbocycles. The van der Waals surface area contributed by atoms with Crippen molar-refractivity contribution in [3.05, 3.63) is 0 Å². The van der Waals surface area contributed by atoms with E-state index in [9.17, 15) is 0 Å². The molecule has 1 aliphatic heterocycles. The van der Waals surface area contributed by atoms with Crippen molar-refractivity contribution in [2.75, 3.05) is 13.2 Å². The van der Waals surface area contributed by atoms with E-state index in [4.69, 9.17) is 17.0 Å². The highest BCUT2D eigenvalue weighted by atomic mass is 32.1. The van der Waals surface area contributed by atoms with Crippen LogP contribution in [-0.4, -0.2) is 29.9 Å². The first-order chi connectivity index (χ1) is 8.18. The van der Waals surface area contributed by atoms with Crippen molar-refractivity contribution in [1.29, 1.82) is 0 Å². The maximum Gasteiger partial charge on any atom is 0.167 e. The summed E-state index contributed by atoms with van der Waals surface area (Å²) in [6.45, 7) is 3.85. The zero-order valence-corrected chi connectivity index (χ0v) is 11.6. The van der Waals surface area contributed by atoms with Gasteiger partial charge < -0.3 is 15.4 Å². The van der Waals surface area contributed by atoms with Crippen molar-refractivity contribution < 1.29 is 4.74 Å². The van der Waals surface area contributed by atoms with Gasteiger partial charge >= 0.3 is 0 Å². The molecule has 0 spiro atoms. The van der Waals surface area contributed by atoms with Gasteiger partial charge in [0.1, 0.15) is 0 Å². The first kappa shape index (κ1) is 13.1. The maximum absolute atomic E-state index is 5.53. The predicted octanol–water partition coefficient (Wildman–Crippen LogP) is 2.35. The fourth-order valence-corrected chi connectivity index (χ4v) is 3.19. The number of rotatable bonds is 2. The zero-order chi connectivity index (χ0) is 12.1. The van der Waals surface area contributed by atoms with Crippen molar-refractivity contribution in [2.45, 2.75) is 63.5 Å². The third-order valence-corrected chi connectivity index (χ3v) is 4.01. The summed E-state index contributed by atoms with van der Waals surface area (Å²) in [7, 11) is 0. The molecule has 3 nitrogen and oxygen atoms in total. The molecule has 2 aliphatic rings. The summed E-state index contributed by atoms with van der Waals surface area (Å²) >= 11 is 5.41. The van der Waals surface area contributed by atoms with Gasteiger partial charge in [0.05, 0.1) is 12.1 Å². The second-order valence-electron chi connectivity index (χ2n) is 5.65. The normalized spacial score (nSPS) is 30.9. The van der Waals surface area contributed by atoms with Gasteiger partial charge in [-0.2, -0.15) is 0 Å². The van der Waals surface area contributed by atoms with E-state index in [1.54, 1.807) is 0 Å². The van der Waals surface area contributed by atoms with Gasteiger partial charge in [-0.15, -0.1) is 0 Å². The Morgan fingerprint density at radius 1 is 1.24 bits per heavy atom. The average molecular weight is 256 g/mol. The molecular formula is C13H24N2OS. The van der Waals surface area contributed by atoms with Crippen LogP contribution in [-0.2, 0) is 4.74 Å². The van der Waals surface area contributed by atoms with Crippen LogP contribution < -0.4 is 10.6 Å². The van der Waals surface area contributed by atoms with Crippen molar-refractivity contribution >= 4 is 17.3 Å². The summed E-state index contributed by atoms with van der Waals surface area (Å²) in [6, 6.07) is 0.580. The second-order valence-corrected chi connectivity index (χ2v) is 6.06. The van der Waals surface area contributed by atoms with Crippen LogP contribution in [0.4, 0.5) is 0 Å². The number of hydrogen-bond acceptors (Lipinski definition) is 2. The lowest BCUT2D eigenvalue weighted by Crippen LogP contribution is -2.56. The van der Waals surface area contributed by atoms with Crippen molar-refractivity contribution in [2.24, 2.45) is 0 Å². The second kappa shape index (κ2) is 6.01. The van der Waals surface area contributed by atoms with Gasteiger partial charge in [-0.25, -0.2) is 0 Å². The first-order valence-electron chi connectivity index (χ1n) is 6.84. The molecule has 4 heteroatoms. The van der Waals surface area contributed by atoms with Crippen LogP contribution in [0.15, 0.2) is 0 Å². The van der Waals surface area contributed by atoms with Crippen LogP contribution in [0, 0.1) is 0 Å². The van der Waals surface area contributed by atoms with E-state index in [-0.39, 0.29) is 5.54 Å². The highest BCUT2D eigenvalue weighted by Crippen LogP contribution is 2.19. The molecule has 2 N–H and O–H groups in total. The molecule has 98 valence electrons. The van der Waals surface area contributed by atoms with Crippen molar-refractivity contribution in [3.63, 3.8) is 0 Å². The molecular weight excluding hydrogens is 232 g/mol. The monoisotopic (exact) mass is 256 g/mol. The van der Waals surface area contributed by atoms with E-state index in [1.165, 1.54) is 32.1 Å². The minimum Gasteiger partial charge on any atom is -0.379 e. The lowest BCUT2D eigenvalue weighted by atomic mass is 9.94. The lowest BCUT2D eigenvalue weighted by Gasteiger charge is -2.36. The summed E-state index contributed by atoms with van der Waals surface area (Å²) in [5.74, 6) is 0. The van der Waals surface area contributed by atoms with Crippen LogP contribution in [0.25, 0.3) is 0 Å². The van der Waals surface area contributed by atoms with Gasteiger partial charge in [0.15, 0.2) is 5.11 Å². The Bertz CT molecular complexity index is 258. The van der Waals surface area contributed by atoms with Crippen LogP contribution in [0.3, 0.4) is 0 Å². The van der Waals surface area contributed by atoms with Crippen LogP contribution in [0.5, 0.6) is 0 Å². The predicted molar refractivity (Wildman–Crippen MR) is 74.2 cm³/mol. The molecule has 0 aromatic heterocycles. The standard InChI is InChI=1S/C13H24N2OS/c1-13(8-5-9-16-10-13)15-12(17)14-11-6-3-2-4-7-11/h11H,2-10H2,1H3,(H2,14,15,17). The molecule has 17 heavy (non-hydrogen) atoms. The summed E-state index contributed by atoms with van der Waals surface area (Å²) in [4.78, 5) is 0. The summed E-state index contributed by atoms with van der Waals surface area (Å²) in [6.07, 6.45) is 8.82. The minimum atomic E-state index is 0.0248. The Labute approximate surface area is 110 Å².